The van der Waals surface area contributed by atoms with Crippen LogP contribution in [0.1, 0.15) is 45.6 Å². The van der Waals surface area contributed by atoms with Crippen molar-refractivity contribution in [3.63, 3.8) is 0 Å². The molecule has 0 bridgehead atoms. The Morgan fingerprint density at radius 1 is 1.08 bits per heavy atom. The number of carbonyl (C=O) groups excluding carboxylic acids is 1. The van der Waals surface area contributed by atoms with Crippen LogP contribution in [-0.4, -0.2) is 31.7 Å². The molecule has 190 valence electrons. The normalized spacial score (nSPS) is 18.5. The topological polar surface area (TPSA) is 113 Å². The number of hydrogen-bond donors (Lipinski definition) is 4. The number of anilines is 1. The van der Waals surface area contributed by atoms with Gasteiger partial charge in [-0.05, 0) is 57.2 Å². The Morgan fingerprint density at radius 3 is 2.39 bits per heavy atom. The molecule has 0 atom stereocenters. The number of nitrogens with one attached hydrogen (secondary N) is 2. The Hall–Kier alpha value is -3.27. The lowest BCUT2D eigenvalue weighted by Gasteiger charge is -2.43. The molecule has 9 heteroatoms. The summed E-state index contributed by atoms with van der Waals surface area (Å²) < 4.78 is 34.0. The minimum Gasteiger partial charge on any atom is -0.453 e. The maximum Gasteiger partial charge on any atom is 0.408 e. The van der Waals surface area contributed by atoms with Crippen molar-refractivity contribution >= 4 is 22.6 Å². The summed E-state index contributed by atoms with van der Waals surface area (Å²) in [5.74, 6) is 0.0663. The summed E-state index contributed by atoms with van der Waals surface area (Å²) in [5, 5.41) is 3.10. The van der Waals surface area contributed by atoms with Gasteiger partial charge in [0.05, 0.1) is 11.2 Å². The van der Waals surface area contributed by atoms with E-state index in [1.165, 1.54) is 0 Å². The Balaban J connectivity index is 1.49. The third-order valence-electron chi connectivity index (χ3n) is 6.36. The first-order valence-corrected chi connectivity index (χ1v) is 13.6. The maximum atomic E-state index is 12.5. The van der Waals surface area contributed by atoms with Gasteiger partial charge in [-0.1, -0.05) is 65.4 Å². The average Bonchev–Trinajstić information content (AvgIpc) is 2.80. The first-order chi connectivity index (χ1) is 17.0. The van der Waals surface area contributed by atoms with Gasteiger partial charge in [0.1, 0.15) is 11.3 Å². The van der Waals surface area contributed by atoms with E-state index in [1.807, 2.05) is 81.4 Å². The van der Waals surface area contributed by atoms with Crippen LogP contribution in [0.2, 0.25) is 0 Å². The van der Waals surface area contributed by atoms with Crippen molar-refractivity contribution in [1.29, 1.82) is 0 Å². The van der Waals surface area contributed by atoms with Gasteiger partial charge in [0, 0.05) is 11.1 Å². The summed E-state index contributed by atoms with van der Waals surface area (Å²) in [6.07, 6.45) is 2.32. The Morgan fingerprint density at radius 2 is 1.78 bits per heavy atom. The third-order valence-corrected chi connectivity index (χ3v) is 7.36. The largest absolute Gasteiger partial charge is 0.453 e. The number of rotatable bonds is 4. The molecule has 1 amide bonds. The number of carbonyl (C=O) groups is 1. The molecule has 2 aromatic carbocycles. The molecule has 0 unspecified atom stereocenters. The highest BCUT2D eigenvalue weighted by atomic mass is 32.3. The molecule has 4 N–H and O–H groups in total. The zero-order valence-corrected chi connectivity index (χ0v) is 21.4. The highest BCUT2D eigenvalue weighted by Crippen LogP contribution is 2.49. The third kappa shape index (κ3) is 5.00. The number of alkyl carbamates (subject to hydrolysis) is 1. The molecule has 8 nitrogen and oxygen atoms in total. The fourth-order valence-electron chi connectivity index (χ4n) is 4.54. The Bertz CT molecular complexity index is 1270. The van der Waals surface area contributed by atoms with E-state index in [1.54, 1.807) is 0 Å². The summed E-state index contributed by atoms with van der Waals surface area (Å²) in [7, 11) is -3.07. The second-order valence-corrected chi connectivity index (χ2v) is 12.0. The SMILES string of the molecule is CC(C)(C)OC(=O)NC1(c2ccc(-c3nc4c(cc3-c3ccccc3)NS(O)(O)CO4)cc2)CCC1. The van der Waals surface area contributed by atoms with Crippen LogP contribution < -0.4 is 14.8 Å². The summed E-state index contributed by atoms with van der Waals surface area (Å²) in [5.41, 5.74) is 3.84. The number of pyridine rings is 1. The van der Waals surface area contributed by atoms with Crippen molar-refractivity contribution < 1.29 is 23.4 Å². The number of nitrogens with zero attached hydrogens (tertiary/aromatic N) is 1. The molecule has 5 rings (SSSR count). The van der Waals surface area contributed by atoms with Gasteiger partial charge in [0.15, 0.2) is 5.94 Å². The van der Waals surface area contributed by atoms with E-state index >= 15 is 0 Å². The maximum absolute atomic E-state index is 12.5. The number of fused-ring (bicyclic) bond motifs is 1. The van der Waals surface area contributed by atoms with Crippen LogP contribution in [-0.2, 0) is 10.3 Å². The Kier molecular flexibility index (Phi) is 6.10. The fraction of sp³-hybridized carbons (Fsp3) is 0.333. The van der Waals surface area contributed by atoms with Crippen molar-refractivity contribution in [1.82, 2.24) is 10.3 Å². The summed E-state index contributed by atoms with van der Waals surface area (Å²) in [6, 6.07) is 19.7. The van der Waals surface area contributed by atoms with Gasteiger partial charge in [0.2, 0.25) is 5.88 Å². The van der Waals surface area contributed by atoms with Gasteiger partial charge in [-0.2, -0.15) is 0 Å². The van der Waals surface area contributed by atoms with Crippen LogP contribution in [0.4, 0.5) is 10.5 Å². The highest BCUT2D eigenvalue weighted by Gasteiger charge is 2.41. The molecule has 1 aliphatic carbocycles. The van der Waals surface area contributed by atoms with Gasteiger partial charge in [-0.3, -0.25) is 13.8 Å². The summed E-state index contributed by atoms with van der Waals surface area (Å²) >= 11 is 0. The molecular weight excluding hydrogens is 478 g/mol. The van der Waals surface area contributed by atoms with Crippen LogP contribution in [0, 0.1) is 0 Å². The van der Waals surface area contributed by atoms with Crippen LogP contribution >= 0.6 is 10.8 Å². The van der Waals surface area contributed by atoms with E-state index in [-0.39, 0.29) is 5.94 Å². The predicted octanol–water partition coefficient (Wildman–Crippen LogP) is 6.75. The van der Waals surface area contributed by atoms with E-state index in [9.17, 15) is 13.9 Å². The quantitative estimate of drug-likeness (QED) is 0.308. The molecule has 0 saturated heterocycles. The van der Waals surface area contributed by atoms with Crippen molar-refractivity contribution in [3.8, 4) is 28.3 Å². The predicted molar refractivity (Wildman–Crippen MR) is 142 cm³/mol. The first-order valence-electron chi connectivity index (χ1n) is 11.9. The van der Waals surface area contributed by atoms with Gasteiger partial charge < -0.3 is 14.8 Å². The molecular formula is C27H31N3O5S. The molecule has 36 heavy (non-hydrogen) atoms. The molecule has 2 heterocycles. The second-order valence-electron chi connectivity index (χ2n) is 10.3. The van der Waals surface area contributed by atoms with E-state index in [2.05, 4.69) is 10.0 Å². The van der Waals surface area contributed by atoms with Crippen LogP contribution in [0.3, 0.4) is 0 Å². The first kappa shape index (κ1) is 24.4. The molecule has 3 aromatic rings. The summed E-state index contributed by atoms with van der Waals surface area (Å²) in [4.78, 5) is 17.3. The summed E-state index contributed by atoms with van der Waals surface area (Å²) in [6.45, 7) is 5.56. The molecule has 0 radical (unpaired) electrons. The van der Waals surface area contributed by atoms with Crippen LogP contribution in [0.25, 0.3) is 22.4 Å². The molecule has 2 aliphatic rings. The molecule has 0 spiro atoms. The number of ether oxygens (including phenoxy) is 2. The lowest BCUT2D eigenvalue weighted by molar-refractivity contribution is 0.0377. The van der Waals surface area contributed by atoms with E-state index in [4.69, 9.17) is 14.5 Å². The van der Waals surface area contributed by atoms with Gasteiger partial charge in [0.25, 0.3) is 0 Å². The standard InChI is InChI=1S/C27H31N3O5S/c1-26(2,3)35-25(31)29-27(14-7-15-27)20-12-10-19(11-13-20)23-21(18-8-5-4-6-9-18)16-22-24(28-23)34-17-36(32,33)30-22/h4-6,8-13,16,30,32-33H,7,14-15,17H2,1-3H3,(H,29,31). The smallest absolute Gasteiger partial charge is 0.408 e. The van der Waals surface area contributed by atoms with Gasteiger partial charge in [-0.25, -0.2) is 9.78 Å². The van der Waals surface area contributed by atoms with Crippen LogP contribution in [0.5, 0.6) is 5.88 Å². The van der Waals surface area contributed by atoms with E-state index < -0.39 is 28.0 Å². The lowest BCUT2D eigenvalue weighted by atomic mass is 9.71. The van der Waals surface area contributed by atoms with Gasteiger partial charge in [-0.15, -0.1) is 0 Å². The van der Waals surface area contributed by atoms with Crippen molar-refractivity contribution in [2.24, 2.45) is 0 Å². The monoisotopic (exact) mass is 509 g/mol. The van der Waals surface area contributed by atoms with Gasteiger partial charge >= 0.3 is 6.09 Å². The molecule has 1 aromatic heterocycles. The Labute approximate surface area is 212 Å². The zero-order chi connectivity index (χ0) is 25.6. The number of benzene rings is 2. The van der Waals surface area contributed by atoms with E-state index in [0.29, 0.717) is 11.6 Å². The average molecular weight is 510 g/mol. The zero-order valence-electron chi connectivity index (χ0n) is 20.6. The highest BCUT2D eigenvalue weighted by molar-refractivity contribution is 8.25. The minimum atomic E-state index is -3.07. The van der Waals surface area contributed by atoms with E-state index in [0.717, 1.165) is 47.2 Å². The number of hydrogen-bond acceptors (Lipinski definition) is 7. The van der Waals surface area contributed by atoms with Crippen molar-refractivity contribution in [2.75, 3.05) is 10.7 Å². The molecule has 1 saturated carbocycles. The molecule has 1 aliphatic heterocycles. The lowest BCUT2D eigenvalue weighted by Crippen LogP contribution is -2.52. The molecule has 1 fully saturated rings. The number of aromatic nitrogens is 1. The van der Waals surface area contributed by atoms with Crippen molar-refractivity contribution in [2.45, 2.75) is 51.2 Å². The minimum absolute atomic E-state index is 0.255. The number of amides is 1. The second kappa shape index (κ2) is 8.99. The van der Waals surface area contributed by atoms with Crippen molar-refractivity contribution in [3.05, 3.63) is 66.2 Å². The van der Waals surface area contributed by atoms with Crippen LogP contribution in [0.15, 0.2) is 60.7 Å². The fourth-order valence-corrected chi connectivity index (χ4v) is 5.38.